The summed E-state index contributed by atoms with van der Waals surface area (Å²) in [5.74, 6) is 0.269. The molecule has 0 fully saturated rings. The Hall–Kier alpha value is -1.81. The molecule has 1 aliphatic heterocycles. The van der Waals surface area contributed by atoms with Crippen molar-refractivity contribution in [2.75, 3.05) is 10.6 Å². The Labute approximate surface area is 125 Å². The molecule has 2 aromatic rings. The minimum Gasteiger partial charge on any atom is -0.262 e. The fourth-order valence-electron chi connectivity index (χ4n) is 3.89. The minimum absolute atomic E-state index is 0.0812. The van der Waals surface area contributed by atoms with Gasteiger partial charge in [-0.05, 0) is 35.6 Å². The van der Waals surface area contributed by atoms with Crippen LogP contribution in [0.15, 0.2) is 48.5 Å². The van der Waals surface area contributed by atoms with E-state index in [1.165, 1.54) is 17.4 Å². The first-order valence-electron chi connectivity index (χ1n) is 7.23. The van der Waals surface area contributed by atoms with Gasteiger partial charge in [-0.25, -0.2) is 8.42 Å². The summed E-state index contributed by atoms with van der Waals surface area (Å²) in [5, 5.41) is 0. The molecule has 2 atom stereocenters. The molecule has 0 amide bonds. The topological polar surface area (TPSA) is 37.4 Å². The summed E-state index contributed by atoms with van der Waals surface area (Å²) in [6, 6.07) is 16.1. The van der Waals surface area contributed by atoms with Crippen molar-refractivity contribution >= 4 is 15.7 Å². The lowest BCUT2D eigenvalue weighted by Crippen LogP contribution is -2.34. The van der Waals surface area contributed by atoms with Crippen LogP contribution in [0, 0.1) is 0 Å². The van der Waals surface area contributed by atoms with Crippen molar-refractivity contribution < 1.29 is 8.42 Å². The van der Waals surface area contributed by atoms with Crippen molar-refractivity contribution in [3.05, 3.63) is 65.2 Å². The molecule has 108 valence electrons. The quantitative estimate of drug-likeness (QED) is 0.810. The van der Waals surface area contributed by atoms with E-state index >= 15 is 0 Å². The second-order valence-corrected chi connectivity index (χ2v) is 7.77. The minimum atomic E-state index is -3.30. The zero-order valence-electron chi connectivity index (χ0n) is 11.9. The van der Waals surface area contributed by atoms with E-state index in [0.717, 1.165) is 24.1 Å². The van der Waals surface area contributed by atoms with Gasteiger partial charge in [0.05, 0.1) is 18.0 Å². The fourth-order valence-corrected chi connectivity index (χ4v) is 5.08. The van der Waals surface area contributed by atoms with E-state index in [9.17, 15) is 8.42 Å². The molecule has 2 aliphatic rings. The van der Waals surface area contributed by atoms with Gasteiger partial charge in [-0.15, -0.1) is 0 Å². The van der Waals surface area contributed by atoms with Crippen LogP contribution in [0.4, 0.5) is 5.69 Å². The summed E-state index contributed by atoms with van der Waals surface area (Å²) in [7, 11) is -3.30. The SMILES string of the molecule is CS(=O)(=O)N1c2ccccc2[C@H]2CCc3ccccc3[C@H]21. The summed E-state index contributed by atoms with van der Waals surface area (Å²) in [6.07, 6.45) is 3.33. The largest absolute Gasteiger partial charge is 0.262 e. The van der Waals surface area contributed by atoms with E-state index in [-0.39, 0.29) is 12.0 Å². The van der Waals surface area contributed by atoms with Gasteiger partial charge in [-0.3, -0.25) is 4.31 Å². The first kappa shape index (κ1) is 12.9. The van der Waals surface area contributed by atoms with E-state index < -0.39 is 10.0 Å². The van der Waals surface area contributed by atoms with E-state index in [4.69, 9.17) is 0 Å². The predicted octanol–water partition coefficient (Wildman–Crippen LogP) is 3.24. The lowest BCUT2D eigenvalue weighted by molar-refractivity contribution is 0.506. The van der Waals surface area contributed by atoms with Gasteiger partial charge >= 0.3 is 0 Å². The molecule has 1 heterocycles. The second-order valence-electron chi connectivity index (χ2n) is 5.91. The Morgan fingerprint density at radius 2 is 1.67 bits per heavy atom. The fraction of sp³-hybridized carbons (Fsp3) is 0.294. The van der Waals surface area contributed by atoms with Crippen molar-refractivity contribution in [2.45, 2.75) is 24.8 Å². The smallest absolute Gasteiger partial charge is 0.232 e. The predicted molar refractivity (Wildman–Crippen MR) is 84.0 cm³/mol. The second kappa shape index (κ2) is 4.34. The maximum absolute atomic E-state index is 12.4. The molecule has 4 rings (SSSR count). The molecule has 0 unspecified atom stereocenters. The number of hydrogen-bond donors (Lipinski definition) is 0. The van der Waals surface area contributed by atoms with Crippen LogP contribution in [0.2, 0.25) is 0 Å². The Bertz CT molecular complexity index is 813. The highest BCUT2D eigenvalue weighted by Gasteiger charge is 2.45. The number of benzene rings is 2. The lowest BCUT2D eigenvalue weighted by Gasteiger charge is -2.33. The van der Waals surface area contributed by atoms with Gasteiger partial charge in [0.25, 0.3) is 0 Å². The average molecular weight is 299 g/mol. The monoisotopic (exact) mass is 299 g/mol. The molecule has 0 spiro atoms. The molecule has 0 saturated heterocycles. The number of aryl methyl sites for hydroxylation is 1. The van der Waals surface area contributed by atoms with Crippen LogP contribution in [0.1, 0.15) is 35.1 Å². The first-order chi connectivity index (χ1) is 10.1. The van der Waals surface area contributed by atoms with Gasteiger partial charge in [-0.1, -0.05) is 42.5 Å². The number of fused-ring (bicyclic) bond motifs is 5. The molecule has 0 aromatic heterocycles. The van der Waals surface area contributed by atoms with Gasteiger partial charge in [0.1, 0.15) is 0 Å². The maximum atomic E-state index is 12.4. The molecular formula is C17H17NO2S. The standard InChI is InChI=1S/C17H17NO2S/c1-21(19,20)18-16-9-5-4-8-14(16)15-11-10-12-6-2-3-7-13(12)17(15)18/h2-9,15,17H,10-11H2,1H3/t15-,17-/m1/s1. The van der Waals surface area contributed by atoms with Crippen molar-refractivity contribution in [3.63, 3.8) is 0 Å². The number of sulfonamides is 1. The normalized spacial score (nSPS) is 23.4. The van der Waals surface area contributed by atoms with Crippen LogP contribution in [-0.4, -0.2) is 14.7 Å². The Balaban J connectivity index is 1.98. The van der Waals surface area contributed by atoms with Gasteiger partial charge in [0.2, 0.25) is 10.0 Å². The highest BCUT2D eigenvalue weighted by atomic mass is 32.2. The summed E-state index contributed by atoms with van der Waals surface area (Å²) in [5.41, 5.74) is 4.46. The Kier molecular flexibility index (Phi) is 2.67. The number of hydrogen-bond acceptors (Lipinski definition) is 2. The average Bonchev–Trinajstić information content (AvgIpc) is 2.82. The zero-order valence-corrected chi connectivity index (χ0v) is 12.7. The van der Waals surface area contributed by atoms with Gasteiger partial charge in [0.15, 0.2) is 0 Å². The van der Waals surface area contributed by atoms with Gasteiger partial charge in [-0.2, -0.15) is 0 Å². The molecule has 3 nitrogen and oxygen atoms in total. The molecule has 0 bridgehead atoms. The number of nitrogens with zero attached hydrogens (tertiary/aromatic N) is 1. The van der Waals surface area contributed by atoms with Crippen LogP contribution >= 0.6 is 0 Å². The Morgan fingerprint density at radius 1 is 1.00 bits per heavy atom. The molecule has 0 saturated carbocycles. The van der Waals surface area contributed by atoms with Crippen LogP contribution in [0.5, 0.6) is 0 Å². The molecule has 0 N–H and O–H groups in total. The van der Waals surface area contributed by atoms with Crippen LogP contribution in [-0.2, 0) is 16.4 Å². The van der Waals surface area contributed by atoms with Gasteiger partial charge < -0.3 is 0 Å². The third kappa shape index (κ3) is 1.82. The summed E-state index contributed by atoms with van der Waals surface area (Å²) >= 11 is 0. The van der Waals surface area contributed by atoms with E-state index in [1.807, 2.05) is 30.3 Å². The summed E-state index contributed by atoms with van der Waals surface area (Å²) in [6.45, 7) is 0. The lowest BCUT2D eigenvalue weighted by atomic mass is 9.79. The molecule has 0 radical (unpaired) electrons. The van der Waals surface area contributed by atoms with Gasteiger partial charge in [0, 0.05) is 5.92 Å². The summed E-state index contributed by atoms with van der Waals surface area (Å²) in [4.78, 5) is 0. The number of rotatable bonds is 1. The van der Waals surface area contributed by atoms with E-state index in [1.54, 1.807) is 4.31 Å². The van der Waals surface area contributed by atoms with E-state index in [2.05, 4.69) is 18.2 Å². The third-order valence-electron chi connectivity index (χ3n) is 4.66. The number of anilines is 1. The highest BCUT2D eigenvalue weighted by Crippen LogP contribution is 2.54. The van der Waals surface area contributed by atoms with E-state index in [0.29, 0.717) is 0 Å². The van der Waals surface area contributed by atoms with Crippen molar-refractivity contribution in [1.82, 2.24) is 0 Å². The molecule has 1 aliphatic carbocycles. The van der Waals surface area contributed by atoms with Crippen molar-refractivity contribution in [1.29, 1.82) is 0 Å². The molecule has 21 heavy (non-hydrogen) atoms. The van der Waals surface area contributed by atoms with Crippen LogP contribution < -0.4 is 4.31 Å². The summed E-state index contributed by atoms with van der Waals surface area (Å²) < 4.78 is 26.4. The van der Waals surface area contributed by atoms with Crippen LogP contribution in [0.3, 0.4) is 0 Å². The Morgan fingerprint density at radius 3 is 2.43 bits per heavy atom. The van der Waals surface area contributed by atoms with Crippen molar-refractivity contribution in [3.8, 4) is 0 Å². The van der Waals surface area contributed by atoms with Crippen LogP contribution in [0.25, 0.3) is 0 Å². The van der Waals surface area contributed by atoms with Crippen molar-refractivity contribution in [2.24, 2.45) is 0 Å². The number of para-hydroxylation sites is 1. The molecular weight excluding hydrogens is 282 g/mol. The zero-order chi connectivity index (χ0) is 14.6. The first-order valence-corrected chi connectivity index (χ1v) is 9.08. The molecule has 2 aromatic carbocycles. The third-order valence-corrected chi connectivity index (χ3v) is 5.80. The molecule has 4 heteroatoms. The maximum Gasteiger partial charge on any atom is 0.232 e. The highest BCUT2D eigenvalue weighted by molar-refractivity contribution is 7.92.